The second-order valence-corrected chi connectivity index (χ2v) is 4.87. The predicted molar refractivity (Wildman–Crippen MR) is 64.4 cm³/mol. The highest BCUT2D eigenvalue weighted by atomic mass is 35.5. The van der Waals surface area contributed by atoms with E-state index in [1.54, 1.807) is 11.7 Å². The highest BCUT2D eigenvalue weighted by Gasteiger charge is 2.13. The van der Waals surface area contributed by atoms with Crippen LogP contribution in [-0.2, 0) is 6.42 Å². The summed E-state index contributed by atoms with van der Waals surface area (Å²) in [4.78, 5) is 20.5. The molecule has 3 nitrogen and oxygen atoms in total. The molecule has 2 heterocycles. The molecule has 0 fully saturated rings. The smallest absolute Gasteiger partial charge is 0.187 e. The zero-order chi connectivity index (χ0) is 11.5. The van der Waals surface area contributed by atoms with E-state index in [-0.39, 0.29) is 22.9 Å². The van der Waals surface area contributed by atoms with Crippen LogP contribution in [0.2, 0.25) is 10.0 Å². The number of hydrogen-bond donors (Lipinski definition) is 0. The maximum absolute atomic E-state index is 11.8. The first-order valence-corrected chi connectivity index (χ1v) is 6.02. The Morgan fingerprint density at radius 2 is 2.19 bits per heavy atom. The Morgan fingerprint density at radius 3 is 2.81 bits per heavy atom. The van der Waals surface area contributed by atoms with Gasteiger partial charge >= 0.3 is 0 Å². The Hall–Kier alpha value is -0.970. The lowest BCUT2D eigenvalue weighted by atomic mass is 10.2. The van der Waals surface area contributed by atoms with Crippen LogP contribution in [0.15, 0.2) is 24.0 Å². The van der Waals surface area contributed by atoms with Gasteiger partial charge in [-0.25, -0.2) is 4.98 Å². The Labute approximate surface area is 106 Å². The number of carbonyl (C=O) groups is 1. The summed E-state index contributed by atoms with van der Waals surface area (Å²) in [6, 6.07) is 1.51. The number of hydrogen-bond acceptors (Lipinski definition) is 4. The van der Waals surface area contributed by atoms with E-state index in [1.807, 2.05) is 0 Å². The molecular weight excluding hydrogens is 267 g/mol. The van der Waals surface area contributed by atoms with E-state index in [4.69, 9.17) is 23.2 Å². The summed E-state index contributed by atoms with van der Waals surface area (Å²) < 4.78 is 0. The summed E-state index contributed by atoms with van der Waals surface area (Å²) in [6.45, 7) is 0. The molecule has 0 aromatic carbocycles. The van der Waals surface area contributed by atoms with Gasteiger partial charge in [0.1, 0.15) is 5.69 Å². The second-order valence-electron chi connectivity index (χ2n) is 3.05. The van der Waals surface area contributed by atoms with Crippen LogP contribution >= 0.6 is 34.5 Å². The molecule has 6 heteroatoms. The van der Waals surface area contributed by atoms with Gasteiger partial charge in [0.2, 0.25) is 0 Å². The van der Waals surface area contributed by atoms with Crippen LogP contribution in [0, 0.1) is 0 Å². The van der Waals surface area contributed by atoms with Crippen molar-refractivity contribution in [2.24, 2.45) is 0 Å². The van der Waals surface area contributed by atoms with Gasteiger partial charge in [-0.2, -0.15) is 0 Å². The van der Waals surface area contributed by atoms with Crippen LogP contribution in [0.5, 0.6) is 0 Å². The van der Waals surface area contributed by atoms with Crippen LogP contribution < -0.4 is 0 Å². The highest BCUT2D eigenvalue weighted by Crippen LogP contribution is 2.20. The molecule has 0 radical (unpaired) electrons. The molecule has 2 aromatic rings. The summed E-state index contributed by atoms with van der Waals surface area (Å²) in [5.41, 5.74) is 1.93. The molecule has 0 aliphatic carbocycles. The van der Waals surface area contributed by atoms with Gasteiger partial charge in [0, 0.05) is 23.7 Å². The summed E-state index contributed by atoms with van der Waals surface area (Å²) >= 11 is 13.0. The first-order valence-electron chi connectivity index (χ1n) is 4.38. The number of ketones is 1. The van der Waals surface area contributed by atoms with Crippen molar-refractivity contribution in [2.75, 3.05) is 0 Å². The minimum absolute atomic E-state index is 0.133. The van der Waals surface area contributed by atoms with Crippen LogP contribution in [0.1, 0.15) is 15.4 Å². The molecule has 0 N–H and O–H groups in total. The first-order chi connectivity index (χ1) is 7.66. The molecule has 2 rings (SSSR count). The van der Waals surface area contributed by atoms with Crippen molar-refractivity contribution >= 4 is 40.3 Å². The van der Waals surface area contributed by atoms with Gasteiger partial charge in [-0.05, 0) is 6.07 Å². The molecule has 0 bridgehead atoms. The van der Waals surface area contributed by atoms with Crippen molar-refractivity contribution in [3.8, 4) is 0 Å². The third-order valence-corrected chi connectivity index (χ3v) is 3.16. The largest absolute Gasteiger partial charge is 0.292 e. The zero-order valence-electron chi connectivity index (χ0n) is 7.98. The minimum atomic E-state index is -0.133. The lowest BCUT2D eigenvalue weighted by Gasteiger charge is -2.01. The number of carbonyl (C=O) groups excluding carboxylic acids is 1. The van der Waals surface area contributed by atoms with Gasteiger partial charge in [-0.3, -0.25) is 9.78 Å². The number of pyridine rings is 1. The lowest BCUT2D eigenvalue weighted by molar-refractivity contribution is 0.0989. The molecule has 16 heavy (non-hydrogen) atoms. The fourth-order valence-corrected chi connectivity index (χ4v) is 2.27. The molecule has 0 amide bonds. The number of rotatable bonds is 3. The van der Waals surface area contributed by atoms with E-state index in [0.717, 1.165) is 4.88 Å². The fraction of sp³-hybridized carbons (Fsp3) is 0.100. The van der Waals surface area contributed by atoms with Crippen molar-refractivity contribution in [1.82, 2.24) is 9.97 Å². The standard InChI is InChI=1S/C10H6Cl2N2OS/c11-6-1-8(12)10(14-3-6)9(15)2-7-4-13-5-16-7/h1,3-5H,2H2. The predicted octanol–water partition coefficient (Wildman–Crippen LogP) is 3.27. The quantitative estimate of drug-likeness (QED) is 0.806. The molecule has 0 atom stereocenters. The Bertz CT molecular complexity index is 514. The Balaban J connectivity index is 2.21. The molecule has 0 saturated carbocycles. The summed E-state index contributed by atoms with van der Waals surface area (Å²) in [7, 11) is 0. The van der Waals surface area contributed by atoms with Crippen LogP contribution in [-0.4, -0.2) is 15.8 Å². The third kappa shape index (κ3) is 2.58. The number of aromatic nitrogens is 2. The topological polar surface area (TPSA) is 42.9 Å². The van der Waals surface area contributed by atoms with Gasteiger partial charge < -0.3 is 0 Å². The highest BCUT2D eigenvalue weighted by molar-refractivity contribution is 7.09. The van der Waals surface area contributed by atoms with E-state index < -0.39 is 0 Å². The van der Waals surface area contributed by atoms with Gasteiger partial charge in [0.25, 0.3) is 0 Å². The van der Waals surface area contributed by atoms with E-state index in [2.05, 4.69) is 9.97 Å². The minimum Gasteiger partial charge on any atom is -0.292 e. The average molecular weight is 273 g/mol. The van der Waals surface area contributed by atoms with Crippen molar-refractivity contribution in [3.63, 3.8) is 0 Å². The van der Waals surface area contributed by atoms with Crippen molar-refractivity contribution < 1.29 is 4.79 Å². The number of Topliss-reactive ketones (excluding diaryl/α,β-unsaturated/α-hetero) is 1. The van der Waals surface area contributed by atoms with Crippen LogP contribution in [0.25, 0.3) is 0 Å². The van der Waals surface area contributed by atoms with Gasteiger partial charge in [0.15, 0.2) is 5.78 Å². The number of halogens is 2. The molecular formula is C10H6Cl2N2OS. The molecule has 0 unspecified atom stereocenters. The molecule has 0 saturated heterocycles. The molecule has 0 aliphatic rings. The Kier molecular flexibility index (Phi) is 3.53. The zero-order valence-corrected chi connectivity index (χ0v) is 10.3. The maximum atomic E-state index is 11.8. The summed E-state index contributed by atoms with van der Waals surface area (Å²) in [5, 5.41) is 0.696. The van der Waals surface area contributed by atoms with E-state index >= 15 is 0 Å². The van der Waals surface area contributed by atoms with E-state index in [1.165, 1.54) is 23.6 Å². The monoisotopic (exact) mass is 272 g/mol. The fourth-order valence-electron chi connectivity index (χ4n) is 1.19. The van der Waals surface area contributed by atoms with Crippen molar-refractivity contribution in [3.05, 3.63) is 44.6 Å². The second kappa shape index (κ2) is 4.91. The van der Waals surface area contributed by atoms with Gasteiger partial charge in [-0.1, -0.05) is 23.2 Å². The Morgan fingerprint density at radius 1 is 1.38 bits per heavy atom. The number of thiazole rings is 1. The third-order valence-electron chi connectivity index (χ3n) is 1.89. The first kappa shape index (κ1) is 11.5. The molecule has 0 spiro atoms. The number of nitrogens with zero attached hydrogens (tertiary/aromatic N) is 2. The van der Waals surface area contributed by atoms with Gasteiger partial charge in [0.05, 0.1) is 15.6 Å². The molecule has 0 aliphatic heterocycles. The summed E-state index contributed by atoms with van der Waals surface area (Å²) in [6.07, 6.45) is 3.33. The average Bonchev–Trinajstić information content (AvgIpc) is 2.70. The van der Waals surface area contributed by atoms with Gasteiger partial charge in [-0.15, -0.1) is 11.3 Å². The van der Waals surface area contributed by atoms with Crippen molar-refractivity contribution in [2.45, 2.75) is 6.42 Å². The normalized spacial score (nSPS) is 10.4. The van der Waals surface area contributed by atoms with E-state index in [0.29, 0.717) is 5.02 Å². The summed E-state index contributed by atoms with van der Waals surface area (Å²) in [5.74, 6) is -0.133. The van der Waals surface area contributed by atoms with E-state index in [9.17, 15) is 4.79 Å². The maximum Gasteiger partial charge on any atom is 0.187 e. The molecule has 2 aromatic heterocycles. The lowest BCUT2D eigenvalue weighted by Crippen LogP contribution is -2.05. The van der Waals surface area contributed by atoms with Crippen molar-refractivity contribution in [1.29, 1.82) is 0 Å². The van der Waals surface area contributed by atoms with Crippen LogP contribution in [0.3, 0.4) is 0 Å². The SMILES string of the molecule is O=C(Cc1cncs1)c1ncc(Cl)cc1Cl. The molecule has 82 valence electrons. The van der Waals surface area contributed by atoms with Crippen LogP contribution in [0.4, 0.5) is 0 Å².